The molecule has 1 N–H and O–H groups in total. The fourth-order valence-corrected chi connectivity index (χ4v) is 4.59. The van der Waals surface area contributed by atoms with Crippen molar-refractivity contribution in [2.75, 3.05) is 13.6 Å². The van der Waals surface area contributed by atoms with Gasteiger partial charge in [-0.1, -0.05) is 19.3 Å². The Labute approximate surface area is 202 Å². The van der Waals surface area contributed by atoms with Crippen LogP contribution in [0.5, 0.6) is 5.75 Å². The van der Waals surface area contributed by atoms with Crippen molar-refractivity contribution in [2.24, 2.45) is 0 Å². The zero-order valence-corrected chi connectivity index (χ0v) is 20.1. The van der Waals surface area contributed by atoms with Crippen LogP contribution in [0.25, 0.3) is 10.9 Å². The Morgan fingerprint density at radius 2 is 1.94 bits per heavy atom. The summed E-state index contributed by atoms with van der Waals surface area (Å²) in [6, 6.07) is 9.33. The van der Waals surface area contributed by atoms with E-state index in [9.17, 15) is 19.8 Å². The number of non-ortho nitro benzene ring substituents is 1. The molecule has 0 radical (unpaired) electrons. The maximum absolute atomic E-state index is 12.5. The molecular weight excluding hydrogens is 477 g/mol. The number of aryl methyl sites for hydroxylation is 1. The minimum absolute atomic E-state index is 0.0924. The van der Waals surface area contributed by atoms with Crippen molar-refractivity contribution in [1.29, 1.82) is 0 Å². The number of hydrogen-bond acceptors (Lipinski definition) is 9. The highest BCUT2D eigenvalue weighted by Crippen LogP contribution is 2.35. The molecule has 0 spiro atoms. The Bertz CT molecular complexity index is 1250. The fraction of sp³-hybridized carbons (Fsp3) is 0.391. The molecule has 3 aromatic rings. The predicted molar refractivity (Wildman–Crippen MR) is 128 cm³/mol. The van der Waals surface area contributed by atoms with Gasteiger partial charge in [0.2, 0.25) is 6.79 Å². The molecule has 0 bridgehead atoms. The molecule has 1 unspecified atom stereocenters. The second-order valence-corrected chi connectivity index (χ2v) is 9.16. The van der Waals surface area contributed by atoms with Crippen LogP contribution in [-0.4, -0.2) is 33.1 Å². The summed E-state index contributed by atoms with van der Waals surface area (Å²) in [6.45, 7) is 1.09. The van der Waals surface area contributed by atoms with Gasteiger partial charge in [-0.25, -0.2) is 0 Å². The predicted octanol–water partition coefficient (Wildman–Crippen LogP) is 4.34. The van der Waals surface area contributed by atoms with E-state index in [1.807, 2.05) is 13.0 Å². The Morgan fingerprint density at radius 3 is 2.71 bits per heavy atom. The first-order valence-corrected chi connectivity index (χ1v) is 12.3. The highest BCUT2D eigenvalue weighted by molar-refractivity contribution is 7.40. The number of nitrogens with zero attached hydrogens (tertiary/aromatic N) is 3. The van der Waals surface area contributed by atoms with Crippen LogP contribution in [0.1, 0.15) is 49.3 Å². The van der Waals surface area contributed by atoms with Gasteiger partial charge >= 0.3 is 8.60 Å². The Hall–Kier alpha value is -3.11. The monoisotopic (exact) mass is 503 g/mol. The van der Waals surface area contributed by atoms with E-state index in [1.54, 1.807) is 12.1 Å². The number of rotatable bonds is 10. The van der Waals surface area contributed by atoms with Crippen molar-refractivity contribution in [3.63, 3.8) is 0 Å². The molecule has 1 fully saturated rings. The van der Waals surface area contributed by atoms with Crippen LogP contribution in [0.3, 0.4) is 0 Å². The van der Waals surface area contributed by atoms with E-state index in [0.29, 0.717) is 10.9 Å². The SMILES string of the molecule is Cc1cc(C2CCCCC2)n(OCOP(O)OCOc2ccc([N+](=O)[O-])c3cccnc23)c(=O)c1. The molecule has 1 saturated carbocycles. The van der Waals surface area contributed by atoms with Gasteiger partial charge in [0.05, 0.1) is 16.0 Å². The lowest BCUT2D eigenvalue weighted by Crippen LogP contribution is -2.32. The summed E-state index contributed by atoms with van der Waals surface area (Å²) in [4.78, 5) is 42.9. The highest BCUT2D eigenvalue weighted by atomic mass is 31.2. The van der Waals surface area contributed by atoms with Crippen LogP contribution in [0, 0.1) is 17.0 Å². The molecular formula is C23H26N3O8P. The lowest BCUT2D eigenvalue weighted by atomic mass is 9.86. The number of benzene rings is 1. The Kier molecular flexibility index (Phi) is 8.25. The average molecular weight is 503 g/mol. The van der Waals surface area contributed by atoms with E-state index in [4.69, 9.17) is 18.6 Å². The van der Waals surface area contributed by atoms with E-state index in [-0.39, 0.29) is 29.7 Å². The van der Waals surface area contributed by atoms with Gasteiger partial charge in [-0.05, 0) is 49.6 Å². The molecule has 1 aliphatic carbocycles. The van der Waals surface area contributed by atoms with Gasteiger partial charge in [0, 0.05) is 24.2 Å². The van der Waals surface area contributed by atoms with Crippen molar-refractivity contribution in [3.05, 3.63) is 74.3 Å². The zero-order chi connectivity index (χ0) is 24.8. The average Bonchev–Trinajstić information content (AvgIpc) is 2.85. The summed E-state index contributed by atoms with van der Waals surface area (Å²) in [7, 11) is -2.37. The smallest absolute Gasteiger partial charge is 0.336 e. The zero-order valence-electron chi connectivity index (χ0n) is 19.2. The maximum atomic E-state index is 12.5. The van der Waals surface area contributed by atoms with E-state index >= 15 is 0 Å². The number of hydrogen-bond donors (Lipinski definition) is 1. The quantitative estimate of drug-likeness (QED) is 0.185. The summed E-state index contributed by atoms with van der Waals surface area (Å²) >= 11 is 0. The van der Waals surface area contributed by atoms with Crippen LogP contribution in [-0.2, 0) is 9.05 Å². The molecule has 12 heteroatoms. The summed E-state index contributed by atoms with van der Waals surface area (Å²) in [5, 5.41) is 11.5. The second kappa shape index (κ2) is 11.5. The molecule has 35 heavy (non-hydrogen) atoms. The largest absolute Gasteiger partial charge is 0.465 e. The third kappa shape index (κ3) is 6.12. The first-order valence-electron chi connectivity index (χ1n) is 11.2. The van der Waals surface area contributed by atoms with Crippen LogP contribution in [0.2, 0.25) is 0 Å². The highest BCUT2D eigenvalue weighted by Gasteiger charge is 2.21. The first-order chi connectivity index (χ1) is 16.9. The molecule has 11 nitrogen and oxygen atoms in total. The number of ether oxygens (including phenoxy) is 1. The van der Waals surface area contributed by atoms with E-state index in [0.717, 1.165) is 36.9 Å². The number of nitro groups is 1. The number of pyridine rings is 2. The first kappa shape index (κ1) is 25.0. The Morgan fingerprint density at radius 1 is 1.17 bits per heavy atom. The molecule has 186 valence electrons. The van der Waals surface area contributed by atoms with Gasteiger partial charge < -0.3 is 14.5 Å². The number of nitro benzene ring substituents is 1. The third-order valence-electron chi connectivity index (χ3n) is 5.81. The molecule has 0 aliphatic heterocycles. The lowest BCUT2D eigenvalue weighted by Gasteiger charge is -2.25. The van der Waals surface area contributed by atoms with Gasteiger partial charge in [-0.3, -0.25) is 28.9 Å². The van der Waals surface area contributed by atoms with Crippen LogP contribution in [0.15, 0.2) is 47.4 Å². The minimum atomic E-state index is -2.37. The lowest BCUT2D eigenvalue weighted by molar-refractivity contribution is -0.383. The summed E-state index contributed by atoms with van der Waals surface area (Å²) in [6.07, 6.45) is 6.89. The number of aromatic nitrogens is 2. The van der Waals surface area contributed by atoms with Gasteiger partial charge in [0.25, 0.3) is 11.2 Å². The van der Waals surface area contributed by atoms with Crippen molar-refractivity contribution in [3.8, 4) is 5.75 Å². The molecule has 0 saturated heterocycles. The second-order valence-electron chi connectivity index (χ2n) is 8.17. The van der Waals surface area contributed by atoms with Crippen molar-refractivity contribution < 1.29 is 28.4 Å². The van der Waals surface area contributed by atoms with E-state index < -0.39 is 20.3 Å². The van der Waals surface area contributed by atoms with Crippen molar-refractivity contribution >= 4 is 25.2 Å². The Balaban J connectivity index is 1.32. The van der Waals surface area contributed by atoms with Gasteiger partial charge in [0.15, 0.2) is 6.79 Å². The molecule has 2 heterocycles. The van der Waals surface area contributed by atoms with Gasteiger partial charge in [-0.15, -0.1) is 4.73 Å². The molecule has 1 aliphatic rings. The normalized spacial score (nSPS) is 15.1. The van der Waals surface area contributed by atoms with Crippen LogP contribution >= 0.6 is 8.60 Å². The fourth-order valence-electron chi connectivity index (χ4n) is 4.24. The third-order valence-corrected chi connectivity index (χ3v) is 6.47. The van der Waals surface area contributed by atoms with Gasteiger partial charge in [0.1, 0.15) is 11.3 Å². The standard InChI is InChI=1S/C23H26N3O8P/c1-16-12-20(17-6-3-2-4-7-17)25(22(27)13-16)32-15-34-35(30)33-14-31-21-10-9-19(26(28)29)18-8-5-11-24-23(18)21/h5,8-13,17,30H,2-4,6-7,14-15H2,1H3. The van der Waals surface area contributed by atoms with Crippen molar-refractivity contribution in [1.82, 2.24) is 9.71 Å². The molecule has 0 amide bonds. The minimum Gasteiger partial charge on any atom is -0.465 e. The van der Waals surface area contributed by atoms with E-state index in [1.165, 1.54) is 35.5 Å². The van der Waals surface area contributed by atoms with Gasteiger partial charge in [-0.2, -0.15) is 0 Å². The topological polar surface area (TPSA) is 135 Å². The molecule has 1 atom stereocenters. The summed E-state index contributed by atoms with van der Waals surface area (Å²) in [5.41, 5.74) is 1.59. The van der Waals surface area contributed by atoms with Crippen LogP contribution < -0.4 is 15.1 Å². The summed E-state index contributed by atoms with van der Waals surface area (Å²) in [5.74, 6) is 0.496. The molecule has 1 aromatic carbocycles. The maximum Gasteiger partial charge on any atom is 0.336 e. The molecule has 4 rings (SSSR count). The van der Waals surface area contributed by atoms with Crippen LogP contribution in [0.4, 0.5) is 5.69 Å². The summed E-state index contributed by atoms with van der Waals surface area (Å²) < 4.78 is 17.1. The van der Waals surface area contributed by atoms with Crippen molar-refractivity contribution in [2.45, 2.75) is 44.9 Å². The van der Waals surface area contributed by atoms with E-state index in [2.05, 4.69) is 4.98 Å². The molecule has 2 aromatic heterocycles. The number of fused-ring (bicyclic) bond motifs is 1.